The van der Waals surface area contributed by atoms with E-state index in [-0.39, 0.29) is 0 Å². The molecule has 0 fully saturated rings. The van der Waals surface area contributed by atoms with Crippen LogP contribution in [0.2, 0.25) is 0 Å². The zero-order valence-electron chi connectivity index (χ0n) is 11.8. The minimum atomic E-state index is 0.675. The summed E-state index contributed by atoms with van der Waals surface area (Å²) in [5.41, 5.74) is 2.60. The molecule has 0 unspecified atom stereocenters. The van der Waals surface area contributed by atoms with E-state index in [4.69, 9.17) is 0 Å². The number of hydrogen-bond donors (Lipinski definition) is 1. The van der Waals surface area contributed by atoms with Crippen LogP contribution in [0.25, 0.3) is 11.4 Å². The van der Waals surface area contributed by atoms with Gasteiger partial charge in [0, 0.05) is 0 Å². The minimum Gasteiger partial charge on any atom is -0.243 e. The lowest BCUT2D eigenvalue weighted by molar-refractivity contribution is -0.691. The highest BCUT2D eigenvalue weighted by atomic mass is 15.1. The van der Waals surface area contributed by atoms with E-state index in [2.05, 4.69) is 67.7 Å². The summed E-state index contributed by atoms with van der Waals surface area (Å²) in [6, 6.07) is 8.52. The Hall–Kier alpha value is -1.57. The summed E-state index contributed by atoms with van der Waals surface area (Å²) < 4.78 is 2.33. The molecule has 0 aliphatic rings. The third-order valence-electron chi connectivity index (χ3n) is 3.78. The van der Waals surface area contributed by atoms with Gasteiger partial charge in [-0.3, -0.25) is 0 Å². The Kier molecular flexibility index (Phi) is 3.85. The van der Waals surface area contributed by atoms with Crippen molar-refractivity contribution in [3.63, 3.8) is 0 Å². The van der Waals surface area contributed by atoms with Gasteiger partial charge in [-0.1, -0.05) is 39.0 Å². The van der Waals surface area contributed by atoms with Gasteiger partial charge in [-0.25, -0.2) is 9.55 Å². The topological polar surface area (TPSA) is 19.7 Å². The van der Waals surface area contributed by atoms with E-state index in [1.54, 1.807) is 0 Å². The van der Waals surface area contributed by atoms with Crippen LogP contribution in [0.15, 0.2) is 36.7 Å². The smallest absolute Gasteiger partial charge is 0.243 e. The molecule has 1 atom stereocenters. The molecule has 1 N–H and O–H groups in total. The van der Waals surface area contributed by atoms with Gasteiger partial charge in [0.25, 0.3) is 5.82 Å². The van der Waals surface area contributed by atoms with Crippen molar-refractivity contribution in [3.8, 4) is 11.4 Å². The van der Waals surface area contributed by atoms with Crippen LogP contribution in [-0.2, 0) is 6.54 Å². The van der Waals surface area contributed by atoms with Gasteiger partial charge in [0.1, 0.15) is 12.4 Å². The first-order chi connectivity index (χ1) is 8.59. The molecule has 96 valence electrons. The molecule has 1 aromatic carbocycles. The average Bonchev–Trinajstić information content (AvgIpc) is 2.77. The van der Waals surface area contributed by atoms with Crippen molar-refractivity contribution in [2.24, 2.45) is 11.8 Å². The maximum Gasteiger partial charge on any atom is 0.286 e. The highest BCUT2D eigenvalue weighted by Gasteiger charge is 2.18. The summed E-state index contributed by atoms with van der Waals surface area (Å²) in [4.78, 5) is 3.37. The van der Waals surface area contributed by atoms with Crippen molar-refractivity contribution in [1.82, 2.24) is 4.98 Å². The van der Waals surface area contributed by atoms with Crippen LogP contribution in [-0.4, -0.2) is 4.98 Å². The molecule has 0 saturated carbocycles. The molecule has 0 aliphatic heterocycles. The van der Waals surface area contributed by atoms with Gasteiger partial charge in [0.05, 0.1) is 12.1 Å². The normalized spacial score (nSPS) is 12.9. The van der Waals surface area contributed by atoms with E-state index in [1.807, 2.05) is 6.20 Å². The minimum absolute atomic E-state index is 0.675. The molecule has 0 radical (unpaired) electrons. The number of hydrogen-bond acceptors (Lipinski definition) is 0. The molecule has 2 aromatic rings. The third kappa shape index (κ3) is 2.63. The number of rotatable bonds is 4. The maximum atomic E-state index is 3.37. The van der Waals surface area contributed by atoms with E-state index >= 15 is 0 Å². The van der Waals surface area contributed by atoms with E-state index in [9.17, 15) is 0 Å². The predicted octanol–water partition coefficient (Wildman–Crippen LogP) is 3.57. The summed E-state index contributed by atoms with van der Waals surface area (Å²) in [6.45, 7) is 10.1. The number of benzene rings is 1. The molecule has 0 aliphatic carbocycles. The van der Waals surface area contributed by atoms with Crippen LogP contribution >= 0.6 is 0 Å². The van der Waals surface area contributed by atoms with Crippen LogP contribution in [0, 0.1) is 18.8 Å². The Morgan fingerprint density at radius 2 is 1.89 bits per heavy atom. The maximum absolute atomic E-state index is 3.37. The van der Waals surface area contributed by atoms with Crippen molar-refractivity contribution in [3.05, 3.63) is 42.2 Å². The van der Waals surface area contributed by atoms with Crippen LogP contribution < -0.4 is 4.57 Å². The van der Waals surface area contributed by atoms with Crippen LogP contribution in [0.1, 0.15) is 26.3 Å². The summed E-state index contributed by atoms with van der Waals surface area (Å²) in [5.74, 6) is 2.59. The standard InChI is InChI=1S/C16H22N2/c1-12(2)14(4)11-18-10-9-17-16(18)15-8-6-5-7-13(15)3/h5-10,12,14H,11H2,1-4H3/p+1/t14-/m1/s1. The fourth-order valence-corrected chi connectivity index (χ4v) is 2.11. The number of aromatic amines is 1. The molecular weight excluding hydrogens is 220 g/mol. The van der Waals surface area contributed by atoms with Gasteiger partial charge < -0.3 is 0 Å². The molecule has 2 heteroatoms. The summed E-state index contributed by atoms with van der Waals surface area (Å²) in [6.07, 6.45) is 4.16. The van der Waals surface area contributed by atoms with Gasteiger partial charge in [0.2, 0.25) is 0 Å². The van der Waals surface area contributed by atoms with Gasteiger partial charge in [0.15, 0.2) is 0 Å². The predicted molar refractivity (Wildman–Crippen MR) is 75.2 cm³/mol. The van der Waals surface area contributed by atoms with Crippen molar-refractivity contribution in [2.75, 3.05) is 0 Å². The van der Waals surface area contributed by atoms with Crippen LogP contribution in [0.3, 0.4) is 0 Å². The highest BCUT2D eigenvalue weighted by Crippen LogP contribution is 2.19. The lowest BCUT2D eigenvalue weighted by Gasteiger charge is -2.14. The van der Waals surface area contributed by atoms with E-state index in [0.29, 0.717) is 11.8 Å². The van der Waals surface area contributed by atoms with Gasteiger partial charge in [-0.15, -0.1) is 0 Å². The number of aryl methyl sites for hydroxylation is 1. The van der Waals surface area contributed by atoms with Gasteiger partial charge in [-0.2, -0.15) is 0 Å². The van der Waals surface area contributed by atoms with Crippen LogP contribution in [0.4, 0.5) is 0 Å². The van der Waals surface area contributed by atoms with E-state index in [0.717, 1.165) is 6.54 Å². The second kappa shape index (κ2) is 5.38. The summed E-state index contributed by atoms with van der Waals surface area (Å²) in [7, 11) is 0. The Balaban J connectivity index is 2.31. The SMILES string of the molecule is Cc1ccccc1-c1[nH]cc[n+]1C[C@@H](C)C(C)C. The molecule has 2 nitrogen and oxygen atoms in total. The molecule has 0 bridgehead atoms. The van der Waals surface area contributed by atoms with Gasteiger partial charge >= 0.3 is 0 Å². The first-order valence-electron chi connectivity index (χ1n) is 6.72. The molecule has 18 heavy (non-hydrogen) atoms. The molecule has 1 heterocycles. The highest BCUT2D eigenvalue weighted by molar-refractivity contribution is 5.56. The molecule has 0 spiro atoms. The van der Waals surface area contributed by atoms with Crippen LogP contribution in [0.5, 0.6) is 0 Å². The molecule has 0 amide bonds. The van der Waals surface area contributed by atoms with Crippen molar-refractivity contribution >= 4 is 0 Å². The zero-order chi connectivity index (χ0) is 13.1. The summed E-state index contributed by atoms with van der Waals surface area (Å²) >= 11 is 0. The number of aromatic nitrogens is 2. The fraction of sp³-hybridized carbons (Fsp3) is 0.438. The lowest BCUT2D eigenvalue weighted by Crippen LogP contribution is -2.38. The van der Waals surface area contributed by atoms with Crippen molar-refractivity contribution < 1.29 is 4.57 Å². The van der Waals surface area contributed by atoms with Crippen molar-refractivity contribution in [2.45, 2.75) is 34.2 Å². The first-order valence-corrected chi connectivity index (χ1v) is 6.72. The van der Waals surface area contributed by atoms with Gasteiger partial charge in [-0.05, 0) is 30.4 Å². The second-order valence-electron chi connectivity index (χ2n) is 5.50. The number of imidazole rings is 1. The number of nitrogens with one attached hydrogen (secondary N) is 1. The zero-order valence-corrected chi connectivity index (χ0v) is 11.8. The van der Waals surface area contributed by atoms with E-state index in [1.165, 1.54) is 17.0 Å². The Morgan fingerprint density at radius 1 is 1.17 bits per heavy atom. The number of nitrogens with zero attached hydrogens (tertiary/aromatic N) is 1. The average molecular weight is 243 g/mol. The third-order valence-corrected chi connectivity index (χ3v) is 3.78. The Bertz CT molecular complexity index is 511. The summed E-state index contributed by atoms with van der Waals surface area (Å²) in [5, 5.41) is 0. The fourth-order valence-electron chi connectivity index (χ4n) is 2.11. The Morgan fingerprint density at radius 3 is 2.56 bits per heavy atom. The molecular formula is C16H23N2+. The Labute approximate surface area is 110 Å². The quantitative estimate of drug-likeness (QED) is 0.792. The molecule has 1 aromatic heterocycles. The first kappa shape index (κ1) is 12.9. The molecule has 2 rings (SSSR count). The lowest BCUT2D eigenvalue weighted by atomic mass is 9.98. The van der Waals surface area contributed by atoms with Crippen molar-refractivity contribution in [1.29, 1.82) is 0 Å². The number of H-pyrrole nitrogens is 1. The molecule has 0 saturated heterocycles. The second-order valence-corrected chi connectivity index (χ2v) is 5.50. The van der Waals surface area contributed by atoms with E-state index < -0.39 is 0 Å². The monoisotopic (exact) mass is 243 g/mol. The largest absolute Gasteiger partial charge is 0.286 e.